The number of amides is 1. The van der Waals surface area contributed by atoms with Crippen molar-refractivity contribution in [1.82, 2.24) is 5.32 Å². The van der Waals surface area contributed by atoms with Crippen molar-refractivity contribution < 1.29 is 13.9 Å². The van der Waals surface area contributed by atoms with Gasteiger partial charge in [-0.1, -0.05) is 13.8 Å². The zero-order chi connectivity index (χ0) is 13.5. The van der Waals surface area contributed by atoms with Gasteiger partial charge in [0.1, 0.15) is 11.6 Å². The van der Waals surface area contributed by atoms with Crippen molar-refractivity contribution in [3.05, 3.63) is 24.0 Å². The molecular formula is C13H19FN2O2. The first-order valence-electron chi connectivity index (χ1n) is 6.04. The molecule has 0 saturated heterocycles. The number of halogens is 1. The molecule has 1 aromatic rings. The van der Waals surface area contributed by atoms with Gasteiger partial charge in [0.25, 0.3) is 5.91 Å². The lowest BCUT2D eigenvalue weighted by Gasteiger charge is -2.15. The smallest absolute Gasteiger partial charge is 0.258 e. The molecule has 3 N–H and O–H groups in total. The molecule has 0 atom stereocenters. The molecule has 0 unspecified atom stereocenters. The molecule has 1 rings (SSSR count). The van der Waals surface area contributed by atoms with E-state index in [1.54, 1.807) is 0 Å². The Hall–Kier alpha value is -1.78. The van der Waals surface area contributed by atoms with Gasteiger partial charge in [-0.2, -0.15) is 0 Å². The SMILES string of the molecule is CCC(CC)NC(=O)COc1cc(F)ccc1N. The van der Waals surface area contributed by atoms with E-state index in [1.165, 1.54) is 18.2 Å². The molecular weight excluding hydrogens is 235 g/mol. The highest BCUT2D eigenvalue weighted by atomic mass is 19.1. The summed E-state index contributed by atoms with van der Waals surface area (Å²) in [6, 6.07) is 3.96. The van der Waals surface area contributed by atoms with Crippen LogP contribution in [-0.2, 0) is 4.79 Å². The third kappa shape index (κ3) is 4.24. The molecule has 0 saturated carbocycles. The Labute approximate surface area is 106 Å². The summed E-state index contributed by atoms with van der Waals surface area (Å²) >= 11 is 0. The van der Waals surface area contributed by atoms with Crippen molar-refractivity contribution in [3.63, 3.8) is 0 Å². The summed E-state index contributed by atoms with van der Waals surface area (Å²) in [6.07, 6.45) is 1.73. The first-order chi connectivity index (χ1) is 8.56. The van der Waals surface area contributed by atoms with Gasteiger partial charge in [-0.25, -0.2) is 4.39 Å². The molecule has 0 aliphatic carbocycles. The van der Waals surface area contributed by atoms with Crippen molar-refractivity contribution >= 4 is 11.6 Å². The molecule has 0 radical (unpaired) electrons. The molecule has 0 bridgehead atoms. The van der Waals surface area contributed by atoms with E-state index >= 15 is 0 Å². The van der Waals surface area contributed by atoms with Gasteiger partial charge in [0.05, 0.1) is 5.69 Å². The summed E-state index contributed by atoms with van der Waals surface area (Å²) in [6.45, 7) is 3.84. The number of hydrogen-bond acceptors (Lipinski definition) is 3. The Morgan fingerprint density at radius 3 is 2.72 bits per heavy atom. The molecule has 0 aromatic heterocycles. The van der Waals surface area contributed by atoms with Crippen LogP contribution in [0.5, 0.6) is 5.75 Å². The Morgan fingerprint density at radius 2 is 2.11 bits per heavy atom. The van der Waals surface area contributed by atoms with Crippen LogP contribution >= 0.6 is 0 Å². The highest BCUT2D eigenvalue weighted by molar-refractivity contribution is 5.78. The fourth-order valence-electron chi connectivity index (χ4n) is 1.54. The maximum absolute atomic E-state index is 13.0. The average molecular weight is 254 g/mol. The predicted octanol–water partition coefficient (Wildman–Crippen LogP) is 2.09. The number of carbonyl (C=O) groups is 1. The fourth-order valence-corrected chi connectivity index (χ4v) is 1.54. The van der Waals surface area contributed by atoms with Crippen LogP contribution in [0, 0.1) is 5.82 Å². The first kappa shape index (κ1) is 14.3. The molecule has 0 aliphatic rings. The minimum absolute atomic E-state index is 0.144. The van der Waals surface area contributed by atoms with E-state index in [4.69, 9.17) is 10.5 Å². The molecule has 0 heterocycles. The molecule has 0 aliphatic heterocycles. The van der Waals surface area contributed by atoms with Gasteiger partial charge in [0.15, 0.2) is 6.61 Å². The van der Waals surface area contributed by atoms with E-state index in [0.717, 1.165) is 12.8 Å². The third-order valence-electron chi connectivity index (χ3n) is 2.69. The highest BCUT2D eigenvalue weighted by Crippen LogP contribution is 2.21. The van der Waals surface area contributed by atoms with E-state index in [-0.39, 0.29) is 24.3 Å². The fraction of sp³-hybridized carbons (Fsp3) is 0.462. The number of rotatable bonds is 6. The Kier molecular flexibility index (Phi) is 5.42. The van der Waals surface area contributed by atoms with Gasteiger partial charge in [-0.15, -0.1) is 0 Å². The number of hydrogen-bond donors (Lipinski definition) is 2. The first-order valence-corrected chi connectivity index (χ1v) is 6.04. The largest absolute Gasteiger partial charge is 0.482 e. The summed E-state index contributed by atoms with van der Waals surface area (Å²) in [5.74, 6) is -0.485. The lowest BCUT2D eigenvalue weighted by Crippen LogP contribution is -2.37. The molecule has 5 heteroatoms. The number of benzene rings is 1. The molecule has 0 spiro atoms. The van der Waals surface area contributed by atoms with Crippen LogP contribution in [0.2, 0.25) is 0 Å². The second-order valence-electron chi connectivity index (χ2n) is 4.05. The van der Waals surface area contributed by atoms with Crippen LogP contribution < -0.4 is 15.8 Å². The Balaban J connectivity index is 2.49. The number of anilines is 1. The Morgan fingerprint density at radius 1 is 1.44 bits per heavy atom. The van der Waals surface area contributed by atoms with Gasteiger partial charge < -0.3 is 15.8 Å². The molecule has 18 heavy (non-hydrogen) atoms. The number of nitrogens with two attached hydrogens (primary N) is 1. The van der Waals surface area contributed by atoms with Crippen LogP contribution in [0.4, 0.5) is 10.1 Å². The van der Waals surface area contributed by atoms with Gasteiger partial charge in [0.2, 0.25) is 0 Å². The lowest BCUT2D eigenvalue weighted by atomic mass is 10.2. The summed E-state index contributed by atoms with van der Waals surface area (Å²) < 4.78 is 18.1. The topological polar surface area (TPSA) is 64.3 Å². The van der Waals surface area contributed by atoms with Gasteiger partial charge >= 0.3 is 0 Å². The maximum atomic E-state index is 13.0. The molecule has 1 aromatic carbocycles. The quantitative estimate of drug-likeness (QED) is 0.764. The van der Waals surface area contributed by atoms with Crippen molar-refractivity contribution in [3.8, 4) is 5.75 Å². The van der Waals surface area contributed by atoms with Gasteiger partial charge in [0, 0.05) is 12.1 Å². The number of carbonyl (C=O) groups excluding carboxylic acids is 1. The van der Waals surface area contributed by atoms with Crippen molar-refractivity contribution in [2.75, 3.05) is 12.3 Å². The Bertz CT molecular complexity index is 406. The minimum Gasteiger partial charge on any atom is -0.482 e. The van der Waals surface area contributed by atoms with Crippen LogP contribution in [-0.4, -0.2) is 18.6 Å². The van der Waals surface area contributed by atoms with Crippen molar-refractivity contribution in [2.45, 2.75) is 32.7 Å². The van der Waals surface area contributed by atoms with Gasteiger partial charge in [-0.3, -0.25) is 4.79 Å². The standard InChI is InChI=1S/C13H19FN2O2/c1-3-10(4-2)16-13(17)8-18-12-7-9(14)5-6-11(12)15/h5-7,10H,3-4,8,15H2,1-2H3,(H,16,17). The van der Waals surface area contributed by atoms with Crippen LogP contribution in [0.25, 0.3) is 0 Å². The molecule has 4 nitrogen and oxygen atoms in total. The van der Waals surface area contributed by atoms with E-state index in [9.17, 15) is 9.18 Å². The lowest BCUT2D eigenvalue weighted by molar-refractivity contribution is -0.123. The third-order valence-corrected chi connectivity index (χ3v) is 2.69. The molecule has 0 fully saturated rings. The zero-order valence-electron chi connectivity index (χ0n) is 10.7. The maximum Gasteiger partial charge on any atom is 0.258 e. The number of nitrogens with one attached hydrogen (secondary N) is 1. The summed E-state index contributed by atoms with van der Waals surface area (Å²) in [4.78, 5) is 11.6. The van der Waals surface area contributed by atoms with Gasteiger partial charge in [-0.05, 0) is 25.0 Å². The van der Waals surface area contributed by atoms with Crippen LogP contribution in [0.15, 0.2) is 18.2 Å². The van der Waals surface area contributed by atoms with E-state index in [0.29, 0.717) is 5.69 Å². The summed E-state index contributed by atoms with van der Waals surface area (Å²) in [5.41, 5.74) is 5.92. The summed E-state index contributed by atoms with van der Waals surface area (Å²) in [5, 5.41) is 2.82. The van der Waals surface area contributed by atoms with Crippen LogP contribution in [0.1, 0.15) is 26.7 Å². The van der Waals surface area contributed by atoms with E-state index < -0.39 is 5.82 Å². The normalized spacial score (nSPS) is 10.4. The van der Waals surface area contributed by atoms with Crippen molar-refractivity contribution in [1.29, 1.82) is 0 Å². The van der Waals surface area contributed by atoms with E-state index in [2.05, 4.69) is 5.32 Å². The average Bonchev–Trinajstić information content (AvgIpc) is 2.37. The second kappa shape index (κ2) is 6.83. The van der Waals surface area contributed by atoms with E-state index in [1.807, 2.05) is 13.8 Å². The minimum atomic E-state index is -0.445. The number of nitrogen functional groups attached to an aromatic ring is 1. The molecule has 100 valence electrons. The number of ether oxygens (including phenoxy) is 1. The van der Waals surface area contributed by atoms with Crippen LogP contribution in [0.3, 0.4) is 0 Å². The summed E-state index contributed by atoms with van der Waals surface area (Å²) in [7, 11) is 0. The predicted molar refractivity (Wildman–Crippen MR) is 68.8 cm³/mol. The zero-order valence-corrected chi connectivity index (χ0v) is 10.7. The van der Waals surface area contributed by atoms with Crippen molar-refractivity contribution in [2.24, 2.45) is 0 Å². The highest BCUT2D eigenvalue weighted by Gasteiger charge is 2.10. The second-order valence-corrected chi connectivity index (χ2v) is 4.05. The molecule has 1 amide bonds. The monoisotopic (exact) mass is 254 g/mol.